The number of anilines is 1. The van der Waals surface area contributed by atoms with Crippen molar-refractivity contribution in [3.63, 3.8) is 0 Å². The minimum absolute atomic E-state index is 0.525. The molecule has 7 heteroatoms. The Morgan fingerprint density at radius 2 is 2.04 bits per heavy atom. The Bertz CT molecular complexity index is 991. The van der Waals surface area contributed by atoms with Gasteiger partial charge in [-0.3, -0.25) is 4.72 Å². The van der Waals surface area contributed by atoms with E-state index in [-0.39, 0.29) is 0 Å². The number of nitrogens with zero attached hydrogens (tertiary/aromatic N) is 2. The van der Waals surface area contributed by atoms with Crippen LogP contribution in [0, 0.1) is 0 Å². The number of rotatable bonds is 4. The molecule has 0 atom stereocenters. The Morgan fingerprint density at radius 1 is 1.22 bits per heavy atom. The summed E-state index contributed by atoms with van der Waals surface area (Å²) in [7, 11) is -3.31. The van der Waals surface area contributed by atoms with E-state index in [4.69, 9.17) is 0 Å². The van der Waals surface area contributed by atoms with Gasteiger partial charge in [0.25, 0.3) is 0 Å². The molecule has 1 aliphatic rings. The first-order chi connectivity index (χ1) is 11.0. The van der Waals surface area contributed by atoms with Crippen molar-refractivity contribution >= 4 is 37.1 Å². The fourth-order valence-corrected chi connectivity index (χ4v) is 4.32. The Morgan fingerprint density at radius 3 is 2.78 bits per heavy atom. The molecule has 118 valence electrons. The van der Waals surface area contributed by atoms with E-state index in [1.54, 1.807) is 17.7 Å². The van der Waals surface area contributed by atoms with Crippen LogP contribution in [0.15, 0.2) is 36.1 Å². The van der Waals surface area contributed by atoms with E-state index in [0.29, 0.717) is 11.6 Å². The van der Waals surface area contributed by atoms with E-state index >= 15 is 0 Å². The second kappa shape index (κ2) is 5.28. The molecule has 4 rings (SSSR count). The van der Waals surface area contributed by atoms with Crippen LogP contribution in [0.5, 0.6) is 0 Å². The molecule has 2 aromatic heterocycles. The van der Waals surface area contributed by atoms with Gasteiger partial charge in [0, 0.05) is 33.3 Å². The van der Waals surface area contributed by atoms with Crippen LogP contribution in [-0.2, 0) is 10.0 Å². The zero-order valence-electron chi connectivity index (χ0n) is 12.5. The summed E-state index contributed by atoms with van der Waals surface area (Å²) < 4.78 is 26.7. The SMILES string of the molecule is CS(=O)(=O)Nc1ccc(-c2cncnc2C2CC2)c2sccc12. The lowest BCUT2D eigenvalue weighted by Crippen LogP contribution is -2.09. The minimum Gasteiger partial charge on any atom is -0.283 e. The molecule has 0 saturated heterocycles. The standard InChI is InChI=1S/C16H15N3O2S2/c1-23(20,21)19-14-5-4-11(16-12(14)6-7-22-16)13-8-17-9-18-15(13)10-2-3-10/h4-10,19H,2-3H2,1H3. The topological polar surface area (TPSA) is 72.0 Å². The molecule has 23 heavy (non-hydrogen) atoms. The van der Waals surface area contributed by atoms with E-state index in [0.717, 1.165) is 33.2 Å². The summed E-state index contributed by atoms with van der Waals surface area (Å²) in [6.07, 6.45) is 6.97. The Balaban J connectivity index is 1.90. The first kappa shape index (κ1) is 14.6. The number of thiophene rings is 1. The fourth-order valence-electron chi connectivity index (χ4n) is 2.79. The molecule has 5 nitrogen and oxygen atoms in total. The van der Waals surface area contributed by atoms with E-state index in [1.807, 2.05) is 29.8 Å². The third-order valence-corrected chi connectivity index (χ3v) is 5.45. The van der Waals surface area contributed by atoms with Gasteiger partial charge in [-0.2, -0.15) is 0 Å². The maximum Gasteiger partial charge on any atom is 0.229 e. The molecular weight excluding hydrogens is 330 g/mol. The van der Waals surface area contributed by atoms with E-state index in [1.165, 1.54) is 12.8 Å². The highest BCUT2D eigenvalue weighted by Gasteiger charge is 2.28. The maximum atomic E-state index is 11.5. The van der Waals surface area contributed by atoms with Crippen molar-refractivity contribution < 1.29 is 8.42 Å². The normalized spacial score (nSPS) is 15.0. The van der Waals surface area contributed by atoms with E-state index in [9.17, 15) is 8.42 Å². The van der Waals surface area contributed by atoms with Crippen molar-refractivity contribution in [2.45, 2.75) is 18.8 Å². The summed E-state index contributed by atoms with van der Waals surface area (Å²) in [6.45, 7) is 0. The lowest BCUT2D eigenvalue weighted by molar-refractivity contribution is 0.607. The van der Waals surface area contributed by atoms with Gasteiger partial charge in [-0.25, -0.2) is 18.4 Å². The highest BCUT2D eigenvalue weighted by molar-refractivity contribution is 7.92. The summed E-state index contributed by atoms with van der Waals surface area (Å²) in [5.74, 6) is 0.525. The molecular formula is C16H15N3O2S2. The van der Waals surface area contributed by atoms with Crippen molar-refractivity contribution in [3.8, 4) is 11.1 Å². The van der Waals surface area contributed by atoms with Gasteiger partial charge < -0.3 is 0 Å². The molecule has 1 aromatic carbocycles. The van der Waals surface area contributed by atoms with Crippen molar-refractivity contribution in [2.75, 3.05) is 11.0 Å². The number of aromatic nitrogens is 2. The summed E-state index contributed by atoms with van der Waals surface area (Å²) in [4.78, 5) is 8.66. The molecule has 0 spiro atoms. The van der Waals surface area contributed by atoms with Crippen molar-refractivity contribution in [1.82, 2.24) is 9.97 Å². The first-order valence-corrected chi connectivity index (χ1v) is 10.1. The highest BCUT2D eigenvalue weighted by Crippen LogP contribution is 2.45. The average molecular weight is 345 g/mol. The van der Waals surface area contributed by atoms with Crippen LogP contribution >= 0.6 is 11.3 Å². The van der Waals surface area contributed by atoms with Crippen LogP contribution in [0.1, 0.15) is 24.5 Å². The van der Waals surface area contributed by atoms with Crippen LogP contribution in [-0.4, -0.2) is 24.6 Å². The number of benzene rings is 1. The second-order valence-electron chi connectivity index (χ2n) is 5.79. The Kier molecular flexibility index (Phi) is 3.35. The third kappa shape index (κ3) is 2.82. The lowest BCUT2D eigenvalue weighted by Gasteiger charge is -2.11. The summed E-state index contributed by atoms with van der Waals surface area (Å²) >= 11 is 1.60. The van der Waals surface area contributed by atoms with Crippen LogP contribution in [0.4, 0.5) is 5.69 Å². The molecule has 2 heterocycles. The number of hydrogen-bond donors (Lipinski definition) is 1. The predicted molar refractivity (Wildman–Crippen MR) is 93.3 cm³/mol. The summed E-state index contributed by atoms with van der Waals surface area (Å²) in [5, 5.41) is 2.88. The van der Waals surface area contributed by atoms with Crippen molar-refractivity contribution in [2.24, 2.45) is 0 Å². The van der Waals surface area contributed by atoms with Crippen LogP contribution in [0.2, 0.25) is 0 Å². The van der Waals surface area contributed by atoms with Gasteiger partial charge >= 0.3 is 0 Å². The van der Waals surface area contributed by atoms with Crippen LogP contribution in [0.25, 0.3) is 21.2 Å². The van der Waals surface area contributed by atoms with Gasteiger partial charge in [0.05, 0.1) is 17.6 Å². The summed E-state index contributed by atoms with van der Waals surface area (Å²) in [6, 6.07) is 5.71. The maximum absolute atomic E-state index is 11.5. The number of nitrogens with one attached hydrogen (secondary N) is 1. The zero-order chi connectivity index (χ0) is 16.0. The van der Waals surface area contributed by atoms with Gasteiger partial charge in [-0.05, 0) is 30.4 Å². The molecule has 3 aromatic rings. The smallest absolute Gasteiger partial charge is 0.229 e. The molecule has 1 aliphatic carbocycles. The van der Waals surface area contributed by atoms with Gasteiger partial charge in [0.1, 0.15) is 6.33 Å². The van der Waals surface area contributed by atoms with Crippen LogP contribution in [0.3, 0.4) is 0 Å². The molecule has 1 N–H and O–H groups in total. The van der Waals surface area contributed by atoms with E-state index in [2.05, 4.69) is 14.7 Å². The zero-order valence-corrected chi connectivity index (χ0v) is 14.1. The quantitative estimate of drug-likeness (QED) is 0.784. The van der Waals surface area contributed by atoms with Crippen molar-refractivity contribution in [1.29, 1.82) is 0 Å². The Labute approximate surface area is 138 Å². The second-order valence-corrected chi connectivity index (χ2v) is 8.46. The number of hydrogen-bond acceptors (Lipinski definition) is 5. The van der Waals surface area contributed by atoms with Gasteiger partial charge in [0.2, 0.25) is 10.0 Å². The summed E-state index contributed by atoms with van der Waals surface area (Å²) in [5.41, 5.74) is 3.82. The largest absolute Gasteiger partial charge is 0.283 e. The third-order valence-electron chi connectivity index (χ3n) is 3.91. The molecule has 0 bridgehead atoms. The molecule has 0 amide bonds. The lowest BCUT2D eigenvalue weighted by atomic mass is 10.0. The molecule has 0 unspecified atom stereocenters. The molecule has 0 radical (unpaired) electrons. The van der Waals surface area contributed by atoms with Gasteiger partial charge in [-0.1, -0.05) is 6.07 Å². The predicted octanol–water partition coefficient (Wildman–Crippen LogP) is 3.61. The molecule has 1 fully saturated rings. The number of sulfonamides is 1. The monoisotopic (exact) mass is 345 g/mol. The van der Waals surface area contributed by atoms with Gasteiger partial charge in [0.15, 0.2) is 0 Å². The van der Waals surface area contributed by atoms with E-state index < -0.39 is 10.0 Å². The fraction of sp³-hybridized carbons (Fsp3) is 0.250. The van der Waals surface area contributed by atoms with Crippen LogP contribution < -0.4 is 4.72 Å². The molecule has 1 saturated carbocycles. The number of fused-ring (bicyclic) bond motifs is 1. The average Bonchev–Trinajstić information content (AvgIpc) is 3.23. The van der Waals surface area contributed by atoms with Gasteiger partial charge in [-0.15, -0.1) is 11.3 Å². The first-order valence-electron chi connectivity index (χ1n) is 7.31. The van der Waals surface area contributed by atoms with Crippen molar-refractivity contribution in [3.05, 3.63) is 41.8 Å². The minimum atomic E-state index is -3.31. The highest BCUT2D eigenvalue weighted by atomic mass is 32.2. The Hall–Kier alpha value is -1.99. The molecule has 0 aliphatic heterocycles.